The molecular weight excluding hydrogens is 594 g/mol. The predicted molar refractivity (Wildman–Crippen MR) is 177 cm³/mol. The molecule has 0 aromatic heterocycles. The summed E-state index contributed by atoms with van der Waals surface area (Å²) in [4.78, 5) is 57.8. The molecule has 0 aliphatic heterocycles. The molecule has 0 radical (unpaired) electrons. The van der Waals surface area contributed by atoms with E-state index in [0.717, 1.165) is 38.5 Å². The number of carbonyl (C=O) groups excluding carboxylic acids is 4. The summed E-state index contributed by atoms with van der Waals surface area (Å²) in [5, 5.41) is 12.2. The molecule has 11 heteroatoms. The second-order valence-corrected chi connectivity index (χ2v) is 12.0. The number of amides is 1. The first kappa shape index (κ1) is 43.8. The van der Waals surface area contributed by atoms with E-state index < -0.39 is 11.9 Å². The number of carboxylic acid groups (broad SMARTS) is 1. The van der Waals surface area contributed by atoms with E-state index in [4.69, 9.17) is 18.9 Å². The molecule has 0 saturated heterocycles. The van der Waals surface area contributed by atoms with Crippen molar-refractivity contribution in [2.24, 2.45) is 5.92 Å². The lowest BCUT2D eigenvalue weighted by Crippen LogP contribution is -2.29. The van der Waals surface area contributed by atoms with E-state index >= 15 is 0 Å². The van der Waals surface area contributed by atoms with Crippen molar-refractivity contribution in [3.8, 4) is 0 Å². The normalized spacial score (nSPS) is 11.8. The molecule has 0 saturated carbocycles. The first-order valence-corrected chi connectivity index (χ1v) is 17.5. The van der Waals surface area contributed by atoms with Gasteiger partial charge in [-0.25, -0.2) is 0 Å². The molecular formula is C35H63NO10. The number of carboxylic acids is 1. The van der Waals surface area contributed by atoms with Gasteiger partial charge in [0.05, 0.1) is 58.8 Å². The van der Waals surface area contributed by atoms with Crippen molar-refractivity contribution in [1.29, 1.82) is 0 Å². The molecule has 0 heterocycles. The minimum atomic E-state index is -1.04. The lowest BCUT2D eigenvalue weighted by Gasteiger charge is -2.12. The summed E-state index contributed by atoms with van der Waals surface area (Å²) in [6, 6.07) is 0. The number of rotatable bonds is 36. The first-order chi connectivity index (χ1) is 22.2. The topological polar surface area (TPSA) is 155 Å². The predicted octanol–water partition coefficient (Wildman–Crippen LogP) is 5.64. The maximum Gasteiger partial charge on any atom is 0.306 e. The van der Waals surface area contributed by atoms with Gasteiger partial charge in [-0.05, 0) is 33.1 Å². The molecule has 0 aliphatic rings. The molecule has 0 fully saturated rings. The van der Waals surface area contributed by atoms with E-state index in [1.54, 1.807) is 6.92 Å². The number of nitrogens with one attached hydrogen (secondary N) is 1. The van der Waals surface area contributed by atoms with Crippen LogP contribution in [0.3, 0.4) is 0 Å². The summed E-state index contributed by atoms with van der Waals surface area (Å²) in [6.45, 7) is 6.72. The van der Waals surface area contributed by atoms with Crippen molar-refractivity contribution in [3.63, 3.8) is 0 Å². The highest BCUT2D eigenvalue weighted by molar-refractivity contribution is 5.84. The lowest BCUT2D eigenvalue weighted by atomic mass is 9.94. The minimum absolute atomic E-state index is 0.0274. The Kier molecular flexibility index (Phi) is 31.1. The third-order valence-corrected chi connectivity index (χ3v) is 7.56. The number of carbonyl (C=O) groups is 5. The van der Waals surface area contributed by atoms with E-state index in [9.17, 15) is 29.1 Å². The van der Waals surface area contributed by atoms with Crippen LogP contribution in [0.5, 0.6) is 0 Å². The number of ether oxygens (including phenoxy) is 4. The SMILES string of the molecule is CC(=O)CCCCCCCCCCCCCCC(=O)C[C@@H](CCC(=O)NCCOCCOCCOCCOCCC(C)=O)C(=O)O. The van der Waals surface area contributed by atoms with Crippen molar-refractivity contribution in [1.82, 2.24) is 5.32 Å². The smallest absolute Gasteiger partial charge is 0.306 e. The molecule has 0 unspecified atom stereocenters. The fraction of sp³-hybridized carbons (Fsp3) is 0.857. The Labute approximate surface area is 277 Å². The Morgan fingerprint density at radius 1 is 0.522 bits per heavy atom. The fourth-order valence-corrected chi connectivity index (χ4v) is 4.79. The zero-order chi connectivity index (χ0) is 34.1. The summed E-state index contributed by atoms with van der Waals surface area (Å²) in [7, 11) is 0. The number of Topliss-reactive ketones (excluding diaryl/α,β-unsaturated/α-hetero) is 3. The third kappa shape index (κ3) is 33.2. The molecule has 1 atom stereocenters. The zero-order valence-corrected chi connectivity index (χ0v) is 28.8. The molecule has 1 amide bonds. The van der Waals surface area contributed by atoms with E-state index in [2.05, 4.69) is 5.32 Å². The van der Waals surface area contributed by atoms with E-state index in [0.29, 0.717) is 78.7 Å². The van der Waals surface area contributed by atoms with Gasteiger partial charge in [0.2, 0.25) is 5.91 Å². The molecule has 0 aliphatic carbocycles. The minimum Gasteiger partial charge on any atom is -0.481 e. The Morgan fingerprint density at radius 2 is 0.935 bits per heavy atom. The second kappa shape index (κ2) is 32.7. The highest BCUT2D eigenvalue weighted by atomic mass is 16.6. The van der Waals surface area contributed by atoms with Crippen molar-refractivity contribution >= 4 is 29.2 Å². The van der Waals surface area contributed by atoms with E-state index in [-0.39, 0.29) is 42.5 Å². The van der Waals surface area contributed by atoms with Crippen LogP contribution in [0.15, 0.2) is 0 Å². The van der Waals surface area contributed by atoms with Gasteiger partial charge in [-0.2, -0.15) is 0 Å². The van der Waals surface area contributed by atoms with Crippen molar-refractivity contribution in [3.05, 3.63) is 0 Å². The molecule has 0 rings (SSSR count). The number of aliphatic carboxylic acids is 1. The third-order valence-electron chi connectivity index (χ3n) is 7.56. The van der Waals surface area contributed by atoms with Gasteiger partial charge in [0.1, 0.15) is 17.3 Å². The Hall–Kier alpha value is -2.21. The van der Waals surface area contributed by atoms with Crippen LogP contribution in [0.25, 0.3) is 0 Å². The van der Waals surface area contributed by atoms with Gasteiger partial charge >= 0.3 is 5.97 Å². The number of unbranched alkanes of at least 4 members (excludes halogenated alkanes) is 11. The number of ketones is 3. The average molecular weight is 658 g/mol. The maximum atomic E-state index is 12.3. The molecule has 0 aromatic carbocycles. The summed E-state index contributed by atoms with van der Waals surface area (Å²) < 4.78 is 21.4. The quantitative estimate of drug-likeness (QED) is 0.0809. The van der Waals surface area contributed by atoms with Crippen LogP contribution in [0.2, 0.25) is 0 Å². The maximum absolute atomic E-state index is 12.3. The molecule has 268 valence electrons. The van der Waals surface area contributed by atoms with Gasteiger partial charge in [0, 0.05) is 38.6 Å². The molecule has 0 bridgehead atoms. The fourth-order valence-electron chi connectivity index (χ4n) is 4.79. The zero-order valence-electron chi connectivity index (χ0n) is 28.8. The lowest BCUT2D eigenvalue weighted by molar-refractivity contribution is -0.144. The Morgan fingerprint density at radius 3 is 1.39 bits per heavy atom. The van der Waals surface area contributed by atoms with Crippen LogP contribution in [-0.2, 0) is 42.9 Å². The van der Waals surface area contributed by atoms with Crippen LogP contribution in [0, 0.1) is 5.92 Å². The van der Waals surface area contributed by atoms with Gasteiger partial charge in [0.15, 0.2) is 0 Å². The first-order valence-electron chi connectivity index (χ1n) is 17.5. The Bertz CT molecular complexity index is 804. The largest absolute Gasteiger partial charge is 0.481 e. The molecule has 2 N–H and O–H groups in total. The van der Waals surface area contributed by atoms with Gasteiger partial charge in [-0.15, -0.1) is 0 Å². The van der Waals surface area contributed by atoms with Gasteiger partial charge < -0.3 is 34.2 Å². The van der Waals surface area contributed by atoms with Crippen LogP contribution in [0.1, 0.15) is 129 Å². The molecule has 46 heavy (non-hydrogen) atoms. The number of hydrogen-bond acceptors (Lipinski definition) is 9. The van der Waals surface area contributed by atoms with Crippen molar-refractivity contribution < 1.29 is 48.0 Å². The summed E-state index contributed by atoms with van der Waals surface area (Å²) in [5.41, 5.74) is 0. The summed E-state index contributed by atoms with van der Waals surface area (Å²) in [6.07, 6.45) is 15.3. The highest BCUT2D eigenvalue weighted by Crippen LogP contribution is 2.16. The van der Waals surface area contributed by atoms with Crippen LogP contribution in [-0.4, -0.2) is 93.7 Å². The summed E-state index contributed by atoms with van der Waals surface area (Å²) >= 11 is 0. The molecule has 0 aromatic rings. The van der Waals surface area contributed by atoms with Crippen LogP contribution >= 0.6 is 0 Å². The van der Waals surface area contributed by atoms with E-state index in [1.165, 1.54) is 45.4 Å². The van der Waals surface area contributed by atoms with Crippen molar-refractivity contribution in [2.45, 2.75) is 129 Å². The van der Waals surface area contributed by atoms with Crippen LogP contribution < -0.4 is 5.32 Å². The van der Waals surface area contributed by atoms with Gasteiger partial charge in [0.25, 0.3) is 0 Å². The monoisotopic (exact) mass is 657 g/mol. The van der Waals surface area contributed by atoms with Gasteiger partial charge in [-0.3, -0.25) is 19.2 Å². The highest BCUT2D eigenvalue weighted by Gasteiger charge is 2.22. The van der Waals surface area contributed by atoms with E-state index in [1.807, 2.05) is 0 Å². The van der Waals surface area contributed by atoms with Crippen LogP contribution in [0.4, 0.5) is 0 Å². The average Bonchev–Trinajstić information content (AvgIpc) is 3.00. The molecule has 11 nitrogen and oxygen atoms in total. The standard InChI is InChI=1S/C35H63NO10/c1-30(37)15-13-11-9-7-5-3-4-6-8-10-12-14-16-33(39)29-32(35(41)42)17-18-34(40)36-20-22-44-24-26-46-28-27-45-25-23-43-21-19-31(2)38/h32H,3-29H2,1-2H3,(H,36,40)(H,41,42)/t32-/m1/s1. The summed E-state index contributed by atoms with van der Waals surface area (Å²) in [5.74, 6) is -1.80. The van der Waals surface area contributed by atoms with Crippen molar-refractivity contribution in [2.75, 3.05) is 59.4 Å². The number of hydrogen-bond donors (Lipinski definition) is 2. The second-order valence-electron chi connectivity index (χ2n) is 12.0. The molecule has 0 spiro atoms. The van der Waals surface area contributed by atoms with Gasteiger partial charge in [-0.1, -0.05) is 64.2 Å². The Balaban J connectivity index is 3.63.